The van der Waals surface area contributed by atoms with Crippen molar-refractivity contribution < 1.29 is 14.3 Å². The number of rotatable bonds is 4. The third-order valence-corrected chi connectivity index (χ3v) is 2.88. The van der Waals surface area contributed by atoms with E-state index in [9.17, 15) is 9.59 Å². The van der Waals surface area contributed by atoms with Crippen molar-refractivity contribution in [1.29, 1.82) is 0 Å². The summed E-state index contributed by atoms with van der Waals surface area (Å²) in [7, 11) is 0. The maximum absolute atomic E-state index is 11.9. The number of hydrogen-bond donors (Lipinski definition) is 2. The first-order chi connectivity index (χ1) is 8.78. The van der Waals surface area contributed by atoms with E-state index in [1.165, 1.54) is 0 Å². The highest BCUT2D eigenvalue weighted by Gasteiger charge is 2.27. The highest BCUT2D eigenvalue weighted by molar-refractivity contribution is 5.73. The van der Waals surface area contributed by atoms with Crippen LogP contribution in [0.4, 0.5) is 4.79 Å². The molecular weight excluding hydrogens is 246 g/mol. The average Bonchev–Trinajstić information content (AvgIpc) is 2.26. The van der Waals surface area contributed by atoms with Crippen molar-refractivity contribution in [2.75, 3.05) is 19.6 Å². The second kappa shape index (κ2) is 6.75. The Labute approximate surface area is 114 Å². The molecule has 6 heteroatoms. The van der Waals surface area contributed by atoms with Gasteiger partial charge in [0, 0.05) is 32.1 Å². The Morgan fingerprint density at radius 3 is 2.68 bits per heavy atom. The van der Waals surface area contributed by atoms with Crippen molar-refractivity contribution >= 4 is 12.0 Å². The summed E-state index contributed by atoms with van der Waals surface area (Å²) < 4.78 is 5.35. The lowest BCUT2D eigenvalue weighted by Crippen LogP contribution is -2.49. The van der Waals surface area contributed by atoms with Gasteiger partial charge in [0.15, 0.2) is 0 Å². The van der Waals surface area contributed by atoms with Crippen LogP contribution in [0.2, 0.25) is 0 Å². The van der Waals surface area contributed by atoms with Gasteiger partial charge in [-0.3, -0.25) is 4.79 Å². The van der Waals surface area contributed by atoms with E-state index in [4.69, 9.17) is 10.5 Å². The molecule has 0 aliphatic carbocycles. The van der Waals surface area contributed by atoms with Gasteiger partial charge in [0.05, 0.1) is 0 Å². The van der Waals surface area contributed by atoms with E-state index in [0.717, 1.165) is 19.4 Å². The SMILES string of the molecule is CC(C)(C)OC(=O)N1CCCC(NCCC(N)=O)C1. The summed E-state index contributed by atoms with van der Waals surface area (Å²) in [5, 5.41) is 3.25. The Balaban J connectivity index is 2.37. The number of amides is 2. The van der Waals surface area contributed by atoms with Crippen molar-refractivity contribution in [2.24, 2.45) is 5.73 Å². The summed E-state index contributed by atoms with van der Waals surface area (Å²) in [6, 6.07) is 0.209. The van der Waals surface area contributed by atoms with Crippen LogP contribution in [0.5, 0.6) is 0 Å². The van der Waals surface area contributed by atoms with Crippen molar-refractivity contribution in [1.82, 2.24) is 10.2 Å². The molecule has 1 aliphatic heterocycles. The highest BCUT2D eigenvalue weighted by Crippen LogP contribution is 2.15. The van der Waals surface area contributed by atoms with Gasteiger partial charge in [-0.15, -0.1) is 0 Å². The molecule has 1 rings (SSSR count). The molecule has 0 aromatic carbocycles. The first-order valence-corrected chi connectivity index (χ1v) is 6.77. The van der Waals surface area contributed by atoms with Crippen LogP contribution in [0, 0.1) is 0 Å². The molecule has 1 unspecified atom stereocenters. The van der Waals surface area contributed by atoms with Crippen LogP contribution in [0.25, 0.3) is 0 Å². The number of ether oxygens (including phenoxy) is 1. The largest absolute Gasteiger partial charge is 0.444 e. The maximum Gasteiger partial charge on any atom is 0.410 e. The second-order valence-corrected chi connectivity index (χ2v) is 5.94. The van der Waals surface area contributed by atoms with Gasteiger partial charge in [0.1, 0.15) is 5.60 Å². The average molecular weight is 271 g/mol. The third-order valence-electron chi connectivity index (χ3n) is 2.88. The number of carbonyl (C=O) groups is 2. The van der Waals surface area contributed by atoms with Gasteiger partial charge in [-0.25, -0.2) is 4.79 Å². The van der Waals surface area contributed by atoms with Crippen LogP contribution in [0.15, 0.2) is 0 Å². The topological polar surface area (TPSA) is 84.7 Å². The maximum atomic E-state index is 11.9. The normalized spacial score (nSPS) is 20.2. The number of primary amides is 1. The minimum atomic E-state index is -0.469. The van der Waals surface area contributed by atoms with E-state index in [1.807, 2.05) is 20.8 Å². The highest BCUT2D eigenvalue weighted by atomic mass is 16.6. The van der Waals surface area contributed by atoms with Crippen molar-refractivity contribution in [3.63, 3.8) is 0 Å². The Morgan fingerprint density at radius 2 is 2.11 bits per heavy atom. The monoisotopic (exact) mass is 271 g/mol. The van der Waals surface area contributed by atoms with Gasteiger partial charge in [-0.2, -0.15) is 0 Å². The van der Waals surface area contributed by atoms with Crippen LogP contribution in [-0.4, -0.2) is 48.2 Å². The molecule has 1 aliphatic rings. The Bertz CT molecular complexity index is 326. The van der Waals surface area contributed by atoms with E-state index >= 15 is 0 Å². The van der Waals surface area contributed by atoms with E-state index < -0.39 is 5.60 Å². The zero-order chi connectivity index (χ0) is 14.5. The van der Waals surface area contributed by atoms with Crippen molar-refractivity contribution in [3.8, 4) is 0 Å². The van der Waals surface area contributed by atoms with Crippen molar-refractivity contribution in [3.05, 3.63) is 0 Å². The predicted molar refractivity (Wildman–Crippen MR) is 72.6 cm³/mol. The second-order valence-electron chi connectivity index (χ2n) is 5.94. The first kappa shape index (κ1) is 15.8. The Morgan fingerprint density at radius 1 is 1.42 bits per heavy atom. The van der Waals surface area contributed by atoms with Crippen LogP contribution >= 0.6 is 0 Å². The van der Waals surface area contributed by atoms with E-state index in [0.29, 0.717) is 19.5 Å². The summed E-state index contributed by atoms with van der Waals surface area (Å²) in [5.41, 5.74) is 4.62. The summed E-state index contributed by atoms with van der Waals surface area (Å²) >= 11 is 0. The number of piperidine rings is 1. The molecule has 1 heterocycles. The number of nitrogens with zero attached hydrogens (tertiary/aromatic N) is 1. The third kappa shape index (κ3) is 6.42. The van der Waals surface area contributed by atoms with Gasteiger partial charge >= 0.3 is 6.09 Å². The Hall–Kier alpha value is -1.30. The predicted octanol–water partition coefficient (Wildman–Crippen LogP) is 0.851. The molecular formula is C13H25N3O3. The molecule has 3 N–H and O–H groups in total. The standard InChI is InChI=1S/C13H25N3O3/c1-13(2,3)19-12(18)16-8-4-5-10(9-16)15-7-6-11(14)17/h10,15H,4-9H2,1-3H3,(H2,14,17). The number of nitrogens with one attached hydrogen (secondary N) is 1. The molecule has 0 radical (unpaired) electrons. The lowest BCUT2D eigenvalue weighted by atomic mass is 10.1. The summed E-state index contributed by atoms with van der Waals surface area (Å²) in [6.07, 6.45) is 1.99. The van der Waals surface area contributed by atoms with E-state index in [1.54, 1.807) is 4.90 Å². The van der Waals surface area contributed by atoms with Gasteiger partial charge < -0.3 is 20.7 Å². The molecule has 19 heavy (non-hydrogen) atoms. The zero-order valence-electron chi connectivity index (χ0n) is 12.1. The first-order valence-electron chi connectivity index (χ1n) is 6.77. The molecule has 0 aromatic rings. The number of carbonyl (C=O) groups excluding carboxylic acids is 2. The fourth-order valence-corrected chi connectivity index (χ4v) is 2.04. The molecule has 2 amide bonds. The van der Waals surface area contributed by atoms with Crippen molar-refractivity contribution in [2.45, 2.75) is 51.7 Å². The number of hydrogen-bond acceptors (Lipinski definition) is 4. The lowest BCUT2D eigenvalue weighted by molar-refractivity contribution is -0.117. The number of likely N-dealkylation sites (tertiary alicyclic amines) is 1. The molecule has 0 bridgehead atoms. The van der Waals surface area contributed by atoms with Gasteiger partial charge in [-0.1, -0.05) is 0 Å². The minimum absolute atomic E-state index is 0.209. The summed E-state index contributed by atoms with van der Waals surface area (Å²) in [4.78, 5) is 24.3. The van der Waals surface area contributed by atoms with Gasteiger partial charge in [-0.05, 0) is 33.6 Å². The van der Waals surface area contributed by atoms with E-state index in [2.05, 4.69) is 5.32 Å². The fraction of sp³-hybridized carbons (Fsp3) is 0.846. The smallest absolute Gasteiger partial charge is 0.410 e. The molecule has 6 nitrogen and oxygen atoms in total. The molecule has 0 aromatic heterocycles. The van der Waals surface area contributed by atoms with E-state index in [-0.39, 0.29) is 18.0 Å². The molecule has 110 valence electrons. The van der Waals surface area contributed by atoms with Crippen LogP contribution in [-0.2, 0) is 9.53 Å². The van der Waals surface area contributed by atoms with Crippen LogP contribution in [0.1, 0.15) is 40.0 Å². The number of nitrogens with two attached hydrogens (primary N) is 1. The zero-order valence-corrected chi connectivity index (χ0v) is 12.1. The molecule has 0 saturated carbocycles. The minimum Gasteiger partial charge on any atom is -0.444 e. The summed E-state index contributed by atoms with van der Waals surface area (Å²) in [6.45, 7) is 7.48. The van der Waals surface area contributed by atoms with Crippen LogP contribution < -0.4 is 11.1 Å². The fourth-order valence-electron chi connectivity index (χ4n) is 2.04. The molecule has 1 atom stereocenters. The summed E-state index contributed by atoms with van der Waals surface area (Å²) in [5.74, 6) is -0.313. The molecule has 0 spiro atoms. The quantitative estimate of drug-likeness (QED) is 0.794. The molecule has 1 saturated heterocycles. The van der Waals surface area contributed by atoms with Crippen LogP contribution in [0.3, 0.4) is 0 Å². The molecule has 1 fully saturated rings. The van der Waals surface area contributed by atoms with Gasteiger partial charge in [0.2, 0.25) is 5.91 Å². The van der Waals surface area contributed by atoms with Gasteiger partial charge in [0.25, 0.3) is 0 Å². The Kier molecular flexibility index (Phi) is 5.60. The lowest BCUT2D eigenvalue weighted by Gasteiger charge is -2.34.